The number of allylic oxidation sites excluding steroid dienone is 2. The van der Waals surface area contributed by atoms with E-state index in [0.717, 1.165) is 23.6 Å². The smallest absolute Gasteiger partial charge is 0.0512 e. The van der Waals surface area contributed by atoms with Gasteiger partial charge >= 0.3 is 0 Å². The van der Waals surface area contributed by atoms with Gasteiger partial charge in [0.2, 0.25) is 0 Å². The first-order chi connectivity index (χ1) is 4.84. The molecule has 0 aromatic heterocycles. The highest BCUT2D eigenvalue weighted by atomic mass is 32.2. The van der Waals surface area contributed by atoms with Crippen molar-refractivity contribution >= 4 is 11.8 Å². The van der Waals surface area contributed by atoms with Gasteiger partial charge in [-0.15, -0.1) is 11.8 Å². The fraction of sp³-hybridized carbons (Fsp3) is 0.429. The van der Waals surface area contributed by atoms with Gasteiger partial charge in [0.15, 0.2) is 0 Å². The molecule has 3 N–H and O–H groups in total. The van der Waals surface area contributed by atoms with Crippen LogP contribution in [0.25, 0.3) is 0 Å². The summed E-state index contributed by atoms with van der Waals surface area (Å²) in [7, 11) is 1.91. The number of nitrogens with one attached hydrogen (secondary N) is 1. The van der Waals surface area contributed by atoms with Gasteiger partial charge in [-0.1, -0.05) is 0 Å². The first-order valence-electron chi connectivity index (χ1n) is 3.29. The molecule has 56 valence electrons. The predicted molar refractivity (Wildman–Crippen MR) is 46.5 cm³/mol. The minimum absolute atomic E-state index is 0.868. The summed E-state index contributed by atoms with van der Waals surface area (Å²) >= 11 is 1.80. The lowest BCUT2D eigenvalue weighted by molar-refractivity contribution is 0.887. The van der Waals surface area contributed by atoms with Gasteiger partial charge in [0, 0.05) is 18.5 Å². The summed E-state index contributed by atoms with van der Waals surface area (Å²) in [5.41, 5.74) is 7.73. The van der Waals surface area contributed by atoms with Crippen molar-refractivity contribution in [2.45, 2.75) is 6.42 Å². The predicted octanol–water partition coefficient (Wildman–Crippen LogP) is 1.03. The second kappa shape index (κ2) is 3.56. The van der Waals surface area contributed by atoms with Crippen LogP contribution in [0.2, 0.25) is 0 Å². The van der Waals surface area contributed by atoms with Gasteiger partial charge in [-0.25, -0.2) is 0 Å². The van der Waals surface area contributed by atoms with Crippen LogP contribution >= 0.6 is 11.8 Å². The van der Waals surface area contributed by atoms with Crippen LogP contribution in [0.1, 0.15) is 6.42 Å². The molecule has 1 rings (SSSR count). The first-order valence-corrected chi connectivity index (χ1v) is 4.34. The Morgan fingerprint density at radius 3 is 3.20 bits per heavy atom. The van der Waals surface area contributed by atoms with Gasteiger partial charge < -0.3 is 11.1 Å². The van der Waals surface area contributed by atoms with Gasteiger partial charge in [0.25, 0.3) is 0 Å². The second-order valence-electron chi connectivity index (χ2n) is 2.11. The zero-order valence-corrected chi connectivity index (χ0v) is 6.87. The van der Waals surface area contributed by atoms with Crippen molar-refractivity contribution in [2.75, 3.05) is 12.8 Å². The van der Waals surface area contributed by atoms with Crippen LogP contribution in [-0.2, 0) is 0 Å². The maximum Gasteiger partial charge on any atom is 0.0512 e. The molecule has 0 aromatic rings. The fourth-order valence-corrected chi connectivity index (χ4v) is 1.57. The molecular formula is C7H12N2S. The monoisotopic (exact) mass is 156 g/mol. The Kier molecular flexibility index (Phi) is 2.68. The molecule has 2 nitrogen and oxygen atoms in total. The van der Waals surface area contributed by atoms with E-state index in [1.807, 2.05) is 18.5 Å². The molecule has 0 amide bonds. The maximum absolute atomic E-state index is 5.71. The quantitative estimate of drug-likeness (QED) is 0.595. The highest BCUT2D eigenvalue weighted by Crippen LogP contribution is 2.15. The third-order valence-corrected chi connectivity index (χ3v) is 2.23. The standard InChI is InChI=1S/C7H12N2S/c1-9-7-3-5-10-4-2-6(7)8/h2,4,9H,3,5,8H2,1H3. The van der Waals surface area contributed by atoms with E-state index in [1.165, 1.54) is 0 Å². The van der Waals surface area contributed by atoms with Crippen LogP contribution in [0.4, 0.5) is 0 Å². The third-order valence-electron chi connectivity index (χ3n) is 1.46. The molecule has 1 aliphatic heterocycles. The van der Waals surface area contributed by atoms with E-state index in [1.54, 1.807) is 11.8 Å². The zero-order chi connectivity index (χ0) is 7.40. The van der Waals surface area contributed by atoms with Gasteiger partial charge in [0.1, 0.15) is 0 Å². The summed E-state index contributed by atoms with van der Waals surface area (Å²) < 4.78 is 0. The molecule has 10 heavy (non-hydrogen) atoms. The largest absolute Gasteiger partial charge is 0.397 e. The van der Waals surface area contributed by atoms with Crippen molar-refractivity contribution in [3.63, 3.8) is 0 Å². The number of hydrogen-bond donors (Lipinski definition) is 2. The maximum atomic E-state index is 5.71. The van der Waals surface area contributed by atoms with Gasteiger partial charge in [-0.2, -0.15) is 0 Å². The number of rotatable bonds is 1. The van der Waals surface area contributed by atoms with E-state index >= 15 is 0 Å². The van der Waals surface area contributed by atoms with Crippen molar-refractivity contribution in [2.24, 2.45) is 5.73 Å². The molecule has 0 fully saturated rings. The van der Waals surface area contributed by atoms with Crippen LogP contribution in [0, 0.1) is 0 Å². The molecule has 0 unspecified atom stereocenters. The van der Waals surface area contributed by atoms with Gasteiger partial charge in [-0.3, -0.25) is 0 Å². The van der Waals surface area contributed by atoms with Crippen molar-refractivity contribution in [3.8, 4) is 0 Å². The summed E-state index contributed by atoms with van der Waals surface area (Å²) in [5.74, 6) is 1.12. The van der Waals surface area contributed by atoms with Crippen molar-refractivity contribution < 1.29 is 0 Å². The molecule has 0 saturated carbocycles. The topological polar surface area (TPSA) is 38.0 Å². The van der Waals surface area contributed by atoms with Crippen LogP contribution < -0.4 is 11.1 Å². The van der Waals surface area contributed by atoms with Crippen molar-refractivity contribution in [1.82, 2.24) is 5.32 Å². The minimum atomic E-state index is 0.868. The fourth-order valence-electron chi connectivity index (χ4n) is 0.865. The highest BCUT2D eigenvalue weighted by Gasteiger charge is 2.01. The Hall–Kier alpha value is -0.570. The molecule has 0 saturated heterocycles. The van der Waals surface area contributed by atoms with Crippen LogP contribution in [0.5, 0.6) is 0 Å². The van der Waals surface area contributed by atoms with Gasteiger partial charge in [0.05, 0.1) is 5.70 Å². The minimum Gasteiger partial charge on any atom is -0.397 e. The molecular weight excluding hydrogens is 144 g/mol. The molecule has 0 aliphatic carbocycles. The second-order valence-corrected chi connectivity index (χ2v) is 3.12. The molecule has 1 heterocycles. The summed E-state index contributed by atoms with van der Waals surface area (Å²) in [6, 6.07) is 0. The Morgan fingerprint density at radius 1 is 1.70 bits per heavy atom. The van der Waals surface area contributed by atoms with Gasteiger partial charge in [-0.05, 0) is 17.9 Å². The third kappa shape index (κ3) is 1.70. The van der Waals surface area contributed by atoms with E-state index in [0.29, 0.717) is 0 Å². The molecule has 0 spiro atoms. The summed E-state index contributed by atoms with van der Waals surface area (Å²) in [4.78, 5) is 0. The summed E-state index contributed by atoms with van der Waals surface area (Å²) in [6.07, 6.45) is 2.99. The lowest BCUT2D eigenvalue weighted by atomic mass is 10.2. The van der Waals surface area contributed by atoms with E-state index in [4.69, 9.17) is 5.73 Å². The van der Waals surface area contributed by atoms with Crippen LogP contribution in [-0.4, -0.2) is 12.8 Å². The number of hydrogen-bond acceptors (Lipinski definition) is 3. The van der Waals surface area contributed by atoms with E-state index < -0.39 is 0 Å². The van der Waals surface area contributed by atoms with E-state index in [2.05, 4.69) is 5.32 Å². The van der Waals surface area contributed by atoms with Crippen LogP contribution in [0.3, 0.4) is 0 Å². The Morgan fingerprint density at radius 2 is 2.50 bits per heavy atom. The normalized spacial score (nSPS) is 18.9. The van der Waals surface area contributed by atoms with E-state index in [9.17, 15) is 0 Å². The lowest BCUT2D eigenvalue weighted by Crippen LogP contribution is -2.12. The molecule has 0 aromatic carbocycles. The zero-order valence-electron chi connectivity index (χ0n) is 6.05. The SMILES string of the molecule is CNC1=C(N)C=CSCC1. The summed E-state index contributed by atoms with van der Waals surface area (Å²) in [5, 5.41) is 5.13. The Bertz CT molecular complexity index is 172. The first kappa shape index (κ1) is 7.54. The molecule has 3 heteroatoms. The van der Waals surface area contributed by atoms with Crippen molar-refractivity contribution in [1.29, 1.82) is 0 Å². The Labute approximate surface area is 65.6 Å². The molecule has 0 bridgehead atoms. The highest BCUT2D eigenvalue weighted by molar-refractivity contribution is 8.02. The lowest BCUT2D eigenvalue weighted by Gasteiger charge is -2.04. The number of nitrogens with two attached hydrogens (primary N) is 1. The molecule has 0 atom stereocenters. The average molecular weight is 156 g/mol. The molecule has 0 radical (unpaired) electrons. The average Bonchev–Trinajstić information content (AvgIpc) is 2.13. The number of thioether (sulfide) groups is 1. The summed E-state index contributed by atoms with van der Waals surface area (Å²) in [6.45, 7) is 0. The van der Waals surface area contributed by atoms with Crippen molar-refractivity contribution in [3.05, 3.63) is 22.9 Å². The van der Waals surface area contributed by atoms with E-state index in [-0.39, 0.29) is 0 Å². The van der Waals surface area contributed by atoms with Crippen LogP contribution in [0.15, 0.2) is 22.9 Å². The molecule has 1 aliphatic rings. The Balaban J connectivity index is 2.72.